The molecule has 0 radical (unpaired) electrons. The molecule has 1 amide bonds. The van der Waals surface area contributed by atoms with E-state index in [1.54, 1.807) is 43.0 Å². The van der Waals surface area contributed by atoms with Crippen LogP contribution in [-0.2, 0) is 4.79 Å². The Hall–Kier alpha value is -2.07. The predicted octanol–water partition coefficient (Wildman–Crippen LogP) is 5.34. The van der Waals surface area contributed by atoms with Gasteiger partial charge in [-0.3, -0.25) is 9.69 Å². The maximum Gasteiger partial charge on any atom is 0.228 e. The minimum Gasteiger partial charge on any atom is -0.495 e. The third kappa shape index (κ3) is 7.20. The minimum atomic E-state index is -0.245. The molecule has 0 aliphatic carbocycles. The van der Waals surface area contributed by atoms with Crippen LogP contribution in [0.5, 0.6) is 11.5 Å². The fourth-order valence-electron chi connectivity index (χ4n) is 3.10. The van der Waals surface area contributed by atoms with Crippen LogP contribution in [0.25, 0.3) is 10.2 Å². The van der Waals surface area contributed by atoms with E-state index >= 15 is 0 Å². The molecule has 1 heterocycles. The Kier molecular flexibility index (Phi) is 10.7. The number of fused-ring (bicyclic) bond motifs is 1. The summed E-state index contributed by atoms with van der Waals surface area (Å²) in [6, 6.07) is 10.1. The monoisotopic (exact) mass is 513 g/mol. The minimum absolute atomic E-state index is 0. The lowest BCUT2D eigenvalue weighted by molar-refractivity contribution is -0.118. The van der Waals surface area contributed by atoms with Crippen molar-refractivity contribution in [2.75, 3.05) is 52.1 Å². The molecular weight excluding hydrogens is 485 g/mol. The molecule has 0 saturated carbocycles. The molecule has 0 atom stereocenters. The number of anilines is 1. The van der Waals surface area contributed by atoms with E-state index in [4.69, 9.17) is 14.5 Å². The molecule has 0 saturated heterocycles. The van der Waals surface area contributed by atoms with Gasteiger partial charge in [-0.25, -0.2) is 9.37 Å². The molecule has 0 bridgehead atoms. The summed E-state index contributed by atoms with van der Waals surface area (Å²) in [5.41, 5.74) is 0.696. The largest absolute Gasteiger partial charge is 0.495 e. The molecule has 0 fully saturated rings. The molecule has 1 aromatic heterocycles. The number of benzene rings is 2. The lowest BCUT2D eigenvalue weighted by Gasteiger charge is -2.22. The topological polar surface area (TPSA) is 54.9 Å². The SMILES string of the molecule is COc1ccc(OC)c2sc(N(CCN(C)C)C(=O)CCCSc3ccc(F)cc3)nc12.Cl. The van der Waals surface area contributed by atoms with Gasteiger partial charge in [0.1, 0.15) is 27.5 Å². The molecule has 0 unspecified atom stereocenters. The third-order valence-corrected chi connectivity index (χ3v) is 7.01. The summed E-state index contributed by atoms with van der Waals surface area (Å²) in [5.74, 6) is 1.92. The van der Waals surface area contributed by atoms with E-state index in [1.165, 1.54) is 23.5 Å². The molecule has 0 N–H and O–H groups in total. The van der Waals surface area contributed by atoms with Gasteiger partial charge in [-0.2, -0.15) is 0 Å². The molecule has 0 spiro atoms. The summed E-state index contributed by atoms with van der Waals surface area (Å²) in [6.45, 7) is 1.27. The zero-order valence-corrected chi connectivity index (χ0v) is 21.6. The molecule has 33 heavy (non-hydrogen) atoms. The number of hydrogen-bond donors (Lipinski definition) is 0. The Morgan fingerprint density at radius 3 is 2.36 bits per heavy atom. The maximum atomic E-state index is 13.2. The Labute approximate surface area is 208 Å². The quantitative estimate of drug-likeness (QED) is 0.255. The van der Waals surface area contributed by atoms with Gasteiger partial charge in [0, 0.05) is 24.4 Å². The lowest BCUT2D eigenvalue weighted by atomic mass is 10.3. The number of thioether (sulfide) groups is 1. The molecule has 6 nitrogen and oxygen atoms in total. The Morgan fingerprint density at radius 2 is 1.73 bits per heavy atom. The number of ether oxygens (including phenoxy) is 2. The van der Waals surface area contributed by atoms with Crippen LogP contribution < -0.4 is 14.4 Å². The van der Waals surface area contributed by atoms with Crippen LogP contribution in [0.1, 0.15) is 12.8 Å². The Bertz CT molecular complexity index is 1010. The van der Waals surface area contributed by atoms with Crippen molar-refractivity contribution in [1.29, 1.82) is 0 Å². The number of halogens is 2. The highest BCUT2D eigenvalue weighted by atomic mass is 35.5. The zero-order chi connectivity index (χ0) is 23.1. The molecule has 3 aromatic rings. The van der Waals surface area contributed by atoms with Gasteiger partial charge in [-0.15, -0.1) is 24.2 Å². The number of rotatable bonds is 11. The number of nitrogens with zero attached hydrogens (tertiary/aromatic N) is 3. The van der Waals surface area contributed by atoms with Crippen LogP contribution in [0.4, 0.5) is 9.52 Å². The summed E-state index contributed by atoms with van der Waals surface area (Å²) in [7, 11) is 7.18. The second-order valence-corrected chi connectivity index (χ2v) is 9.54. The van der Waals surface area contributed by atoms with Crippen molar-refractivity contribution < 1.29 is 18.7 Å². The van der Waals surface area contributed by atoms with E-state index in [9.17, 15) is 9.18 Å². The van der Waals surface area contributed by atoms with Crippen LogP contribution in [0.3, 0.4) is 0 Å². The van der Waals surface area contributed by atoms with Gasteiger partial charge in [0.15, 0.2) is 5.13 Å². The van der Waals surface area contributed by atoms with E-state index in [2.05, 4.69) is 0 Å². The predicted molar refractivity (Wildman–Crippen MR) is 137 cm³/mol. The van der Waals surface area contributed by atoms with Crippen LogP contribution in [0.15, 0.2) is 41.3 Å². The van der Waals surface area contributed by atoms with Gasteiger partial charge >= 0.3 is 0 Å². The normalized spacial score (nSPS) is 10.8. The summed E-state index contributed by atoms with van der Waals surface area (Å²) >= 11 is 3.05. The second-order valence-electron chi connectivity index (χ2n) is 7.40. The van der Waals surface area contributed by atoms with E-state index in [0.29, 0.717) is 35.1 Å². The van der Waals surface area contributed by atoms with Crippen molar-refractivity contribution >= 4 is 56.8 Å². The van der Waals surface area contributed by atoms with E-state index in [-0.39, 0.29) is 24.1 Å². The Balaban J connectivity index is 0.00000385. The summed E-state index contributed by atoms with van der Waals surface area (Å²) in [6.07, 6.45) is 1.13. The van der Waals surface area contributed by atoms with Crippen molar-refractivity contribution in [3.8, 4) is 11.5 Å². The van der Waals surface area contributed by atoms with Gasteiger partial charge in [0.25, 0.3) is 0 Å². The van der Waals surface area contributed by atoms with Crippen molar-refractivity contribution in [3.05, 3.63) is 42.2 Å². The highest BCUT2D eigenvalue weighted by molar-refractivity contribution is 7.99. The molecule has 0 aliphatic rings. The maximum absolute atomic E-state index is 13.2. The van der Waals surface area contributed by atoms with Gasteiger partial charge < -0.3 is 14.4 Å². The standard InChI is InChI=1S/C23H28FN3O3S2.ClH/c1-26(2)13-14-27(20(28)6-5-15-31-17-9-7-16(24)8-10-17)23-25-21-18(29-3)11-12-19(30-4)22(21)32-23;/h7-12H,5-6,13-15H2,1-4H3;1H. The summed E-state index contributed by atoms with van der Waals surface area (Å²) in [4.78, 5) is 22.7. The highest BCUT2D eigenvalue weighted by Gasteiger charge is 2.22. The molecular formula is C23H29ClFN3O3S2. The van der Waals surface area contributed by atoms with Crippen LogP contribution in [0.2, 0.25) is 0 Å². The number of hydrogen-bond acceptors (Lipinski definition) is 7. The number of methoxy groups -OCH3 is 2. The summed E-state index contributed by atoms with van der Waals surface area (Å²) in [5, 5.41) is 0.640. The molecule has 2 aromatic carbocycles. The number of amides is 1. The first kappa shape index (κ1) is 27.2. The van der Waals surface area contributed by atoms with Crippen molar-refractivity contribution in [2.45, 2.75) is 17.7 Å². The molecule has 10 heteroatoms. The average Bonchev–Trinajstić information content (AvgIpc) is 3.22. The van der Waals surface area contributed by atoms with E-state index < -0.39 is 0 Å². The first-order valence-electron chi connectivity index (χ1n) is 10.3. The van der Waals surface area contributed by atoms with Crippen molar-refractivity contribution in [3.63, 3.8) is 0 Å². The van der Waals surface area contributed by atoms with E-state index in [1.807, 2.05) is 31.1 Å². The van der Waals surface area contributed by atoms with Crippen molar-refractivity contribution in [2.24, 2.45) is 0 Å². The fraction of sp³-hybridized carbons (Fsp3) is 0.391. The van der Waals surface area contributed by atoms with E-state index in [0.717, 1.165) is 28.3 Å². The van der Waals surface area contributed by atoms with Crippen LogP contribution >= 0.6 is 35.5 Å². The van der Waals surface area contributed by atoms with Gasteiger partial charge in [-0.05, 0) is 62.7 Å². The Morgan fingerprint density at radius 1 is 1.06 bits per heavy atom. The summed E-state index contributed by atoms with van der Waals surface area (Å²) < 4.78 is 24.8. The first-order valence-corrected chi connectivity index (χ1v) is 12.1. The lowest BCUT2D eigenvalue weighted by Crippen LogP contribution is -2.36. The van der Waals surface area contributed by atoms with Crippen molar-refractivity contribution in [1.82, 2.24) is 9.88 Å². The van der Waals surface area contributed by atoms with Gasteiger partial charge in [0.05, 0.1) is 14.2 Å². The fourth-order valence-corrected chi connectivity index (χ4v) is 5.07. The molecule has 3 rings (SSSR count). The third-order valence-electron chi connectivity index (χ3n) is 4.82. The zero-order valence-electron chi connectivity index (χ0n) is 19.2. The van der Waals surface area contributed by atoms with Crippen LogP contribution in [-0.4, -0.2) is 62.9 Å². The average molecular weight is 514 g/mol. The number of likely N-dealkylation sites (N-methyl/N-ethyl adjacent to an activating group) is 1. The second kappa shape index (κ2) is 13.0. The number of aromatic nitrogens is 1. The number of thiazole rings is 1. The van der Waals surface area contributed by atoms with Crippen LogP contribution in [0, 0.1) is 5.82 Å². The molecule has 0 aliphatic heterocycles. The first-order chi connectivity index (χ1) is 15.4. The smallest absolute Gasteiger partial charge is 0.228 e. The van der Waals surface area contributed by atoms with Gasteiger partial charge in [-0.1, -0.05) is 11.3 Å². The van der Waals surface area contributed by atoms with Gasteiger partial charge in [0.2, 0.25) is 5.91 Å². The highest BCUT2D eigenvalue weighted by Crippen LogP contribution is 2.40. The molecule has 180 valence electrons. The number of carbonyl (C=O) groups is 1. The number of carbonyl (C=O) groups excluding carboxylic acids is 1.